The smallest absolute Gasteiger partial charge is 0.119 e. The van der Waals surface area contributed by atoms with E-state index in [0.29, 0.717) is 19.2 Å². The lowest BCUT2D eigenvalue weighted by molar-refractivity contribution is 0.0664. The van der Waals surface area contributed by atoms with Gasteiger partial charge in [-0.3, -0.25) is 4.90 Å². The SMILES string of the molecule is Cc1ccc(OCC(O)CN(C)C2CCSC2)cc1. The number of benzene rings is 1. The second kappa shape index (κ2) is 7.17. The van der Waals surface area contributed by atoms with Gasteiger partial charge in [0.15, 0.2) is 0 Å². The van der Waals surface area contributed by atoms with E-state index in [1.165, 1.54) is 23.5 Å². The molecule has 0 saturated carbocycles. The summed E-state index contributed by atoms with van der Waals surface area (Å²) in [5.41, 5.74) is 1.21. The molecule has 1 heterocycles. The van der Waals surface area contributed by atoms with Crippen LogP contribution in [0.4, 0.5) is 0 Å². The molecule has 0 radical (unpaired) electrons. The van der Waals surface area contributed by atoms with Crippen LogP contribution < -0.4 is 4.74 Å². The van der Waals surface area contributed by atoms with Crippen molar-refractivity contribution in [2.45, 2.75) is 25.5 Å². The van der Waals surface area contributed by atoms with E-state index in [0.717, 1.165) is 5.75 Å². The molecule has 3 nitrogen and oxygen atoms in total. The lowest BCUT2D eigenvalue weighted by atomic mass is 10.2. The van der Waals surface area contributed by atoms with Crippen molar-refractivity contribution < 1.29 is 9.84 Å². The second-order valence-electron chi connectivity index (χ2n) is 5.23. The Bertz CT molecular complexity index is 376. The first-order valence-corrected chi connectivity index (χ1v) is 7.96. The molecule has 1 aliphatic rings. The Morgan fingerprint density at radius 3 is 2.79 bits per heavy atom. The molecule has 1 aromatic rings. The van der Waals surface area contributed by atoms with E-state index in [2.05, 4.69) is 11.9 Å². The minimum absolute atomic E-state index is 0.354. The molecule has 1 fully saturated rings. The molecule has 0 amide bonds. The molecule has 2 rings (SSSR count). The van der Waals surface area contributed by atoms with Crippen LogP contribution >= 0.6 is 11.8 Å². The Morgan fingerprint density at radius 1 is 1.42 bits per heavy atom. The van der Waals surface area contributed by atoms with E-state index >= 15 is 0 Å². The molecule has 1 saturated heterocycles. The zero-order valence-electron chi connectivity index (χ0n) is 11.7. The van der Waals surface area contributed by atoms with Crippen LogP contribution in [0.5, 0.6) is 5.75 Å². The summed E-state index contributed by atoms with van der Waals surface area (Å²) in [6.07, 6.45) is 0.795. The van der Waals surface area contributed by atoms with Crippen molar-refractivity contribution in [3.05, 3.63) is 29.8 Å². The molecule has 1 aromatic carbocycles. The largest absolute Gasteiger partial charge is 0.491 e. The Morgan fingerprint density at radius 2 is 2.16 bits per heavy atom. The van der Waals surface area contributed by atoms with Gasteiger partial charge in [-0.25, -0.2) is 0 Å². The number of rotatable bonds is 6. The van der Waals surface area contributed by atoms with Crippen molar-refractivity contribution in [1.29, 1.82) is 0 Å². The molecule has 0 bridgehead atoms. The maximum absolute atomic E-state index is 10.0. The van der Waals surface area contributed by atoms with Gasteiger partial charge < -0.3 is 9.84 Å². The summed E-state index contributed by atoms with van der Waals surface area (Å²) >= 11 is 1.99. The predicted octanol–water partition coefficient (Wildman–Crippen LogP) is 2.17. The van der Waals surface area contributed by atoms with Crippen LogP contribution in [0.2, 0.25) is 0 Å². The van der Waals surface area contributed by atoms with Crippen LogP contribution in [0.3, 0.4) is 0 Å². The van der Waals surface area contributed by atoms with Gasteiger partial charge >= 0.3 is 0 Å². The molecule has 0 aliphatic carbocycles. The van der Waals surface area contributed by atoms with Crippen molar-refractivity contribution >= 4 is 11.8 Å². The topological polar surface area (TPSA) is 32.7 Å². The third kappa shape index (κ3) is 4.71. The Balaban J connectivity index is 1.71. The maximum Gasteiger partial charge on any atom is 0.119 e. The van der Waals surface area contributed by atoms with Gasteiger partial charge in [-0.2, -0.15) is 11.8 Å². The standard InChI is InChI=1S/C15H23NO2S/c1-12-3-5-15(6-4-12)18-10-14(17)9-16(2)13-7-8-19-11-13/h3-6,13-14,17H,7-11H2,1-2H3. The normalized spacial score (nSPS) is 20.7. The fraction of sp³-hybridized carbons (Fsp3) is 0.600. The number of aryl methyl sites for hydroxylation is 1. The van der Waals surface area contributed by atoms with Gasteiger partial charge in [0.1, 0.15) is 18.5 Å². The van der Waals surface area contributed by atoms with Crippen LogP contribution in [0, 0.1) is 6.92 Å². The summed E-state index contributed by atoms with van der Waals surface area (Å²) < 4.78 is 5.60. The van der Waals surface area contributed by atoms with Crippen molar-refractivity contribution in [2.24, 2.45) is 0 Å². The van der Waals surface area contributed by atoms with Gasteiger partial charge in [0.05, 0.1) is 0 Å². The van der Waals surface area contributed by atoms with E-state index in [1.807, 2.05) is 43.0 Å². The van der Waals surface area contributed by atoms with Crippen molar-refractivity contribution in [1.82, 2.24) is 4.90 Å². The number of nitrogens with zero attached hydrogens (tertiary/aromatic N) is 1. The summed E-state index contributed by atoms with van der Waals surface area (Å²) in [6.45, 7) is 3.08. The fourth-order valence-electron chi connectivity index (χ4n) is 2.23. The van der Waals surface area contributed by atoms with E-state index < -0.39 is 6.10 Å². The number of hydrogen-bond acceptors (Lipinski definition) is 4. The number of thioether (sulfide) groups is 1. The third-order valence-electron chi connectivity index (χ3n) is 3.49. The van der Waals surface area contributed by atoms with Crippen molar-refractivity contribution in [2.75, 3.05) is 31.7 Å². The molecule has 1 aliphatic heterocycles. The lowest BCUT2D eigenvalue weighted by Gasteiger charge is -2.26. The molecule has 106 valence electrons. The summed E-state index contributed by atoms with van der Waals surface area (Å²) in [5.74, 6) is 3.25. The van der Waals surface area contributed by atoms with Crippen LogP contribution in [0.25, 0.3) is 0 Å². The van der Waals surface area contributed by atoms with Gasteiger partial charge in [0.25, 0.3) is 0 Å². The quantitative estimate of drug-likeness (QED) is 0.866. The third-order valence-corrected chi connectivity index (χ3v) is 4.64. The van der Waals surface area contributed by atoms with Gasteiger partial charge in [-0.05, 0) is 38.3 Å². The summed E-state index contributed by atoms with van der Waals surface area (Å²) in [6, 6.07) is 8.53. The number of aliphatic hydroxyl groups excluding tert-OH is 1. The fourth-order valence-corrected chi connectivity index (χ4v) is 3.53. The first kappa shape index (κ1) is 14.7. The Kier molecular flexibility index (Phi) is 5.55. The summed E-state index contributed by atoms with van der Waals surface area (Å²) in [7, 11) is 2.09. The Labute approximate surface area is 120 Å². The average Bonchev–Trinajstić information content (AvgIpc) is 2.92. The van der Waals surface area contributed by atoms with Gasteiger partial charge in [-0.15, -0.1) is 0 Å². The van der Waals surface area contributed by atoms with Crippen molar-refractivity contribution in [3.8, 4) is 5.75 Å². The molecule has 1 N–H and O–H groups in total. The number of aliphatic hydroxyl groups is 1. The van der Waals surface area contributed by atoms with Gasteiger partial charge in [0, 0.05) is 18.3 Å². The van der Waals surface area contributed by atoms with E-state index in [1.54, 1.807) is 0 Å². The number of hydrogen-bond donors (Lipinski definition) is 1. The van der Waals surface area contributed by atoms with Crippen LogP contribution in [0.1, 0.15) is 12.0 Å². The number of ether oxygens (including phenoxy) is 1. The molecule has 2 atom stereocenters. The summed E-state index contributed by atoms with van der Waals surface area (Å²) in [4.78, 5) is 2.25. The minimum atomic E-state index is -0.433. The lowest BCUT2D eigenvalue weighted by Crippen LogP contribution is -2.39. The monoisotopic (exact) mass is 281 g/mol. The highest BCUT2D eigenvalue weighted by atomic mass is 32.2. The highest BCUT2D eigenvalue weighted by Gasteiger charge is 2.21. The zero-order chi connectivity index (χ0) is 13.7. The predicted molar refractivity (Wildman–Crippen MR) is 81.0 cm³/mol. The molecule has 19 heavy (non-hydrogen) atoms. The van der Waals surface area contributed by atoms with E-state index in [9.17, 15) is 5.11 Å². The van der Waals surface area contributed by atoms with Gasteiger partial charge in [0.2, 0.25) is 0 Å². The highest BCUT2D eigenvalue weighted by Crippen LogP contribution is 2.21. The average molecular weight is 281 g/mol. The first-order chi connectivity index (χ1) is 9.15. The van der Waals surface area contributed by atoms with Crippen LogP contribution in [-0.4, -0.2) is 53.9 Å². The Hall–Kier alpha value is -0.710. The van der Waals surface area contributed by atoms with Crippen LogP contribution in [0.15, 0.2) is 24.3 Å². The van der Waals surface area contributed by atoms with Crippen molar-refractivity contribution in [3.63, 3.8) is 0 Å². The molecule has 0 spiro atoms. The highest BCUT2D eigenvalue weighted by molar-refractivity contribution is 7.99. The minimum Gasteiger partial charge on any atom is -0.491 e. The zero-order valence-corrected chi connectivity index (χ0v) is 12.5. The molecule has 0 aromatic heterocycles. The molecule has 2 unspecified atom stereocenters. The number of likely N-dealkylation sites (N-methyl/N-ethyl adjacent to an activating group) is 1. The molecular formula is C15H23NO2S. The van der Waals surface area contributed by atoms with E-state index in [4.69, 9.17) is 4.74 Å². The van der Waals surface area contributed by atoms with E-state index in [-0.39, 0.29) is 0 Å². The maximum atomic E-state index is 10.0. The first-order valence-electron chi connectivity index (χ1n) is 6.80. The molecule has 4 heteroatoms. The molecular weight excluding hydrogens is 258 g/mol. The summed E-state index contributed by atoms with van der Waals surface area (Å²) in [5, 5.41) is 10.0. The van der Waals surface area contributed by atoms with Gasteiger partial charge in [-0.1, -0.05) is 17.7 Å². The second-order valence-corrected chi connectivity index (χ2v) is 6.38. The van der Waals surface area contributed by atoms with Crippen LogP contribution in [-0.2, 0) is 0 Å².